The van der Waals surface area contributed by atoms with Gasteiger partial charge in [-0.3, -0.25) is 23.9 Å². The lowest BCUT2D eigenvalue weighted by molar-refractivity contribution is -0.0599. The summed E-state index contributed by atoms with van der Waals surface area (Å²) in [6, 6.07) is 11.4. The fourth-order valence-corrected chi connectivity index (χ4v) is 11.8. The number of morpholine rings is 1. The highest BCUT2D eigenvalue weighted by atomic mass is 35.5. The minimum atomic E-state index is -3.68. The van der Waals surface area contributed by atoms with E-state index >= 15 is 0 Å². The van der Waals surface area contributed by atoms with Crippen molar-refractivity contribution in [2.45, 2.75) is 62.9 Å². The highest BCUT2D eigenvalue weighted by Gasteiger charge is 2.48. The zero-order chi connectivity index (χ0) is 40.7. The first-order valence-corrected chi connectivity index (χ1v) is 22.6. The molecule has 3 aliphatic heterocycles. The Hall–Kier alpha value is -3.95. The van der Waals surface area contributed by atoms with Crippen LogP contribution in [0.4, 0.5) is 5.69 Å². The van der Waals surface area contributed by atoms with E-state index in [0.29, 0.717) is 56.5 Å². The van der Waals surface area contributed by atoms with Crippen molar-refractivity contribution in [3.05, 3.63) is 82.0 Å². The van der Waals surface area contributed by atoms with Crippen molar-refractivity contribution >= 4 is 39.0 Å². The molecule has 5 aliphatic rings. The number of ether oxygens (including phenoxy) is 3. The quantitative estimate of drug-likeness (QED) is 0.302. The number of nitrogens with one attached hydrogen (secondary N) is 1. The number of halogens is 1. The molecule has 312 valence electrons. The summed E-state index contributed by atoms with van der Waals surface area (Å²) in [6.45, 7) is 7.45. The fraction of sp³-hybridized carbons (Fsp3) is 0.558. The topological polar surface area (TPSA) is 148 Å². The van der Waals surface area contributed by atoms with Crippen LogP contribution >= 0.6 is 11.6 Å². The Bertz CT molecular complexity index is 2200. The third kappa shape index (κ3) is 8.40. The molecule has 1 saturated heterocycles. The number of anilines is 1. The molecule has 58 heavy (non-hydrogen) atoms. The van der Waals surface area contributed by atoms with E-state index in [0.717, 1.165) is 57.4 Å². The van der Waals surface area contributed by atoms with Gasteiger partial charge in [-0.2, -0.15) is 0 Å². The number of nitrogens with zero attached hydrogens (tertiary/aromatic N) is 5. The van der Waals surface area contributed by atoms with Crippen LogP contribution in [0.2, 0.25) is 5.02 Å². The highest BCUT2D eigenvalue weighted by molar-refractivity contribution is 7.92. The first-order valence-electron chi connectivity index (χ1n) is 20.6. The second kappa shape index (κ2) is 16.6. The number of hydrogen-bond donors (Lipinski definition) is 2. The molecule has 2 aliphatic carbocycles. The van der Waals surface area contributed by atoms with Gasteiger partial charge in [-0.25, -0.2) is 4.21 Å². The van der Waals surface area contributed by atoms with Gasteiger partial charge in [-0.15, -0.1) is 9.46 Å². The van der Waals surface area contributed by atoms with Crippen molar-refractivity contribution < 1.29 is 33.1 Å². The van der Waals surface area contributed by atoms with Crippen molar-refractivity contribution in [1.29, 1.82) is 0 Å². The zero-order valence-electron chi connectivity index (χ0n) is 33.7. The van der Waals surface area contributed by atoms with E-state index in [4.69, 9.17) is 25.8 Å². The number of aliphatic hydroxyl groups is 1. The van der Waals surface area contributed by atoms with Gasteiger partial charge in [-0.1, -0.05) is 36.7 Å². The number of methoxy groups -OCH3 is 1. The Balaban J connectivity index is 1.20. The summed E-state index contributed by atoms with van der Waals surface area (Å²) >= 11 is 6.51. The van der Waals surface area contributed by atoms with E-state index < -0.39 is 27.3 Å². The lowest BCUT2D eigenvalue weighted by atomic mass is 9.63. The van der Waals surface area contributed by atoms with E-state index in [1.54, 1.807) is 19.2 Å². The Kier molecular flexibility index (Phi) is 11.7. The normalized spacial score (nSPS) is 30.8. The van der Waals surface area contributed by atoms with Gasteiger partial charge < -0.3 is 24.2 Å². The molecular weight excluding hydrogens is 780 g/mol. The first-order chi connectivity index (χ1) is 27.9. The van der Waals surface area contributed by atoms with Crippen LogP contribution < -0.4 is 19.1 Å². The molecule has 15 heteroatoms. The van der Waals surface area contributed by atoms with Crippen LogP contribution in [-0.2, 0) is 33.5 Å². The molecule has 1 saturated carbocycles. The smallest absolute Gasteiger partial charge is 0.286 e. The van der Waals surface area contributed by atoms with E-state index in [1.165, 1.54) is 29.1 Å². The molecule has 8 rings (SSSR count). The summed E-state index contributed by atoms with van der Waals surface area (Å²) in [4.78, 5) is 32.6. The van der Waals surface area contributed by atoms with E-state index in [1.807, 2.05) is 31.2 Å². The number of fused-ring (bicyclic) bond motifs is 4. The monoisotopic (exact) mass is 834 g/mol. The Morgan fingerprint density at radius 3 is 2.78 bits per heavy atom. The molecule has 0 radical (unpaired) electrons. The average Bonchev–Trinajstić information content (AvgIpc) is 3.50. The predicted octanol–water partition coefficient (Wildman–Crippen LogP) is 5.58. The van der Waals surface area contributed by atoms with E-state index in [9.17, 15) is 18.9 Å². The van der Waals surface area contributed by atoms with Crippen molar-refractivity contribution in [2.24, 2.45) is 29.2 Å². The van der Waals surface area contributed by atoms with Crippen LogP contribution in [0.3, 0.4) is 0 Å². The summed E-state index contributed by atoms with van der Waals surface area (Å²) < 4.78 is 40.8. The lowest BCUT2D eigenvalue weighted by Crippen LogP contribution is -2.53. The van der Waals surface area contributed by atoms with Crippen LogP contribution in [0, 0.1) is 17.8 Å². The molecular formula is C43H55ClN6O7S. The number of amides is 2. The molecule has 4 heterocycles. The summed E-state index contributed by atoms with van der Waals surface area (Å²) in [5.41, 5.74) is 2.13. The Morgan fingerprint density at radius 2 is 2.00 bits per heavy atom. The third-order valence-electron chi connectivity index (χ3n) is 12.9. The van der Waals surface area contributed by atoms with Gasteiger partial charge in [0.15, 0.2) is 0 Å². The number of carbonyl (C=O) groups excluding carboxylic acids is 2. The standard InChI is InChI=1S/C43H55ClN6O7S/c1-29-6-4-15-43(53,16-17-49-18-20-56-21-19-49)36-11-8-32(36)24-50-27-42(14-5-7-30-22-33(44)10-12-35(30)42)28-57-38-13-9-31(23-37(38)50)39(51)46-58(54,26-29)47-40(52)34-25-48(2)45-41(34)55-3/h4,9-10,12-13,15,22-23,25,29,32,36,53H,5-8,11,14,16-21,24,26-28H2,1-3H3,(H,46,47,51,52,54)/b15-4+/t29-,32-,36+,42-,43-,58-/m0/s1. The SMILES string of the molecule is COc1nn(C)cc1C(=O)N[S@@]1(=O)=NC(=O)c2ccc3c(c2)N(C[C@@H]2CC[C@H]2[C@@](O)(CCN2CCOCC2)/C=C/C[C@H](C)C1)C[C@@]1(CCCc2cc(Cl)ccc21)CO3. The fourth-order valence-electron chi connectivity index (χ4n) is 9.75. The lowest BCUT2D eigenvalue weighted by Gasteiger charge is -2.49. The molecule has 2 fully saturated rings. The maximum atomic E-state index is 14.8. The number of benzene rings is 2. The van der Waals surface area contributed by atoms with E-state index in [2.05, 4.69) is 36.1 Å². The maximum Gasteiger partial charge on any atom is 0.286 e. The zero-order valence-corrected chi connectivity index (χ0v) is 35.2. The van der Waals surface area contributed by atoms with Gasteiger partial charge in [-0.05, 0) is 104 Å². The molecule has 0 unspecified atom stereocenters. The highest BCUT2D eigenvalue weighted by Crippen LogP contribution is 2.49. The van der Waals surface area contributed by atoms with Crippen molar-refractivity contribution in [3.8, 4) is 11.6 Å². The number of allylic oxidation sites excluding steroid dienone is 1. The van der Waals surface area contributed by atoms with Crippen molar-refractivity contribution in [2.75, 3.05) is 70.3 Å². The molecule has 13 nitrogen and oxygen atoms in total. The molecule has 2 N–H and O–H groups in total. The molecule has 2 aromatic carbocycles. The summed E-state index contributed by atoms with van der Waals surface area (Å²) in [5.74, 6) is -0.867. The summed E-state index contributed by atoms with van der Waals surface area (Å²) in [6.07, 6.45) is 11.2. The van der Waals surface area contributed by atoms with Gasteiger partial charge in [0, 0.05) is 62.0 Å². The first kappa shape index (κ1) is 40.8. The summed E-state index contributed by atoms with van der Waals surface area (Å²) in [7, 11) is -0.627. The van der Waals surface area contributed by atoms with Gasteiger partial charge in [0.1, 0.15) is 21.2 Å². The van der Waals surface area contributed by atoms with Gasteiger partial charge >= 0.3 is 0 Å². The van der Waals surface area contributed by atoms with Crippen LogP contribution in [0.5, 0.6) is 11.6 Å². The van der Waals surface area contributed by atoms with Crippen LogP contribution in [0.25, 0.3) is 0 Å². The third-order valence-corrected chi connectivity index (χ3v) is 15.1. The summed E-state index contributed by atoms with van der Waals surface area (Å²) in [5, 5.41) is 17.6. The van der Waals surface area contributed by atoms with Crippen LogP contribution in [-0.4, -0.2) is 107 Å². The van der Waals surface area contributed by atoms with Gasteiger partial charge in [0.05, 0.1) is 44.0 Å². The Morgan fingerprint density at radius 1 is 1.17 bits per heavy atom. The maximum absolute atomic E-state index is 14.8. The second-order valence-electron chi connectivity index (χ2n) is 17.0. The second-order valence-corrected chi connectivity index (χ2v) is 19.5. The largest absolute Gasteiger partial charge is 0.490 e. The molecule has 3 aromatic rings. The minimum Gasteiger partial charge on any atom is -0.490 e. The van der Waals surface area contributed by atoms with Crippen molar-refractivity contribution in [3.63, 3.8) is 0 Å². The number of aromatic nitrogens is 2. The predicted molar refractivity (Wildman–Crippen MR) is 223 cm³/mol. The van der Waals surface area contributed by atoms with Gasteiger partial charge in [0.2, 0.25) is 5.88 Å². The molecule has 2 amide bonds. The number of aryl methyl sites for hydroxylation is 2. The number of carbonyl (C=O) groups is 2. The minimum absolute atomic E-state index is 0.00631. The van der Waals surface area contributed by atoms with E-state index in [-0.39, 0.29) is 45.9 Å². The Labute approximate surface area is 346 Å². The number of rotatable bonds is 6. The number of hydrogen-bond acceptors (Lipinski definition) is 10. The molecule has 6 atom stereocenters. The average molecular weight is 835 g/mol. The van der Waals surface area contributed by atoms with Crippen LogP contribution in [0.15, 0.2) is 59.1 Å². The van der Waals surface area contributed by atoms with Gasteiger partial charge in [0.25, 0.3) is 11.8 Å². The molecule has 1 aromatic heterocycles. The molecule has 2 bridgehead atoms. The van der Waals surface area contributed by atoms with Crippen LogP contribution in [0.1, 0.15) is 77.3 Å². The molecule has 1 spiro atoms. The van der Waals surface area contributed by atoms with Crippen molar-refractivity contribution in [1.82, 2.24) is 19.4 Å².